The molecule has 1 atom stereocenters. The molecule has 0 aliphatic carbocycles. The molecule has 31 heavy (non-hydrogen) atoms. The number of aromatic nitrogens is 1. The fraction of sp³-hybridized carbons (Fsp3) is 0.182. The standard InChI is InChI=1S/C22H18F2N4O3/c1-13-18(19(29)26-16-7-4-6-15(12-16)22(2,23)24)21(30)28(27-13)17-8-3-5-14(11-17)20-25-9-10-31-20/h3-12,18H,1-2H3,(H,26,29). The van der Waals surface area contributed by atoms with Crippen LogP contribution < -0.4 is 10.3 Å². The van der Waals surface area contributed by atoms with Crippen LogP contribution in [-0.2, 0) is 15.5 Å². The molecule has 7 nitrogen and oxygen atoms in total. The molecular formula is C22H18F2N4O3. The Morgan fingerprint density at radius 1 is 1.19 bits per heavy atom. The predicted octanol–water partition coefficient (Wildman–Crippen LogP) is 4.43. The van der Waals surface area contributed by atoms with Crippen molar-refractivity contribution in [3.8, 4) is 11.5 Å². The van der Waals surface area contributed by atoms with E-state index >= 15 is 0 Å². The van der Waals surface area contributed by atoms with Crippen LogP contribution in [0, 0.1) is 5.92 Å². The number of carbonyl (C=O) groups is 2. The summed E-state index contributed by atoms with van der Waals surface area (Å²) >= 11 is 0. The van der Waals surface area contributed by atoms with Crippen LogP contribution in [0.15, 0.2) is 70.5 Å². The van der Waals surface area contributed by atoms with E-state index in [1.54, 1.807) is 31.2 Å². The van der Waals surface area contributed by atoms with Crippen molar-refractivity contribution in [1.82, 2.24) is 4.98 Å². The van der Waals surface area contributed by atoms with Gasteiger partial charge >= 0.3 is 0 Å². The number of alkyl halides is 2. The van der Waals surface area contributed by atoms with Crippen LogP contribution in [0.2, 0.25) is 0 Å². The van der Waals surface area contributed by atoms with Crippen molar-refractivity contribution >= 4 is 28.9 Å². The van der Waals surface area contributed by atoms with E-state index < -0.39 is 23.7 Å². The summed E-state index contributed by atoms with van der Waals surface area (Å²) in [5.74, 6) is -5.02. The summed E-state index contributed by atoms with van der Waals surface area (Å²) in [5.41, 5.74) is 1.32. The van der Waals surface area contributed by atoms with E-state index in [-0.39, 0.29) is 11.3 Å². The summed E-state index contributed by atoms with van der Waals surface area (Å²) in [5, 5.41) is 7.91. The van der Waals surface area contributed by atoms with Gasteiger partial charge in [0.25, 0.3) is 11.8 Å². The van der Waals surface area contributed by atoms with Gasteiger partial charge in [0.15, 0.2) is 5.92 Å². The maximum absolute atomic E-state index is 13.6. The number of nitrogens with one attached hydrogen (secondary N) is 1. The summed E-state index contributed by atoms with van der Waals surface area (Å²) in [6.45, 7) is 2.34. The lowest BCUT2D eigenvalue weighted by Gasteiger charge is -2.16. The molecule has 0 saturated heterocycles. The van der Waals surface area contributed by atoms with Crippen LogP contribution in [0.1, 0.15) is 19.4 Å². The average molecular weight is 424 g/mol. The minimum Gasteiger partial charge on any atom is -0.445 e. The Kier molecular flexibility index (Phi) is 5.10. The van der Waals surface area contributed by atoms with Gasteiger partial charge in [-0.2, -0.15) is 10.1 Å². The van der Waals surface area contributed by atoms with Gasteiger partial charge in [0.1, 0.15) is 6.26 Å². The van der Waals surface area contributed by atoms with E-state index in [1.807, 2.05) is 0 Å². The second-order valence-electron chi connectivity index (χ2n) is 7.17. The quantitative estimate of drug-likeness (QED) is 0.614. The van der Waals surface area contributed by atoms with Crippen molar-refractivity contribution in [1.29, 1.82) is 0 Å². The lowest BCUT2D eigenvalue weighted by Crippen LogP contribution is -2.36. The highest BCUT2D eigenvalue weighted by Crippen LogP contribution is 2.30. The number of halogens is 2. The highest BCUT2D eigenvalue weighted by Gasteiger charge is 2.40. The highest BCUT2D eigenvalue weighted by molar-refractivity contribution is 6.28. The van der Waals surface area contributed by atoms with Crippen LogP contribution in [0.25, 0.3) is 11.5 Å². The molecule has 0 bridgehead atoms. The number of hydrogen-bond donors (Lipinski definition) is 1. The Morgan fingerprint density at radius 3 is 2.68 bits per heavy atom. The Hall–Kier alpha value is -3.88. The molecule has 1 aliphatic heterocycles. The first-order valence-electron chi connectivity index (χ1n) is 9.42. The van der Waals surface area contributed by atoms with E-state index in [9.17, 15) is 18.4 Å². The first kappa shape index (κ1) is 20.4. The molecule has 0 fully saturated rings. The van der Waals surface area contributed by atoms with E-state index in [4.69, 9.17) is 4.42 Å². The van der Waals surface area contributed by atoms with Gasteiger partial charge in [0.05, 0.1) is 17.6 Å². The van der Waals surface area contributed by atoms with E-state index in [0.717, 1.165) is 11.9 Å². The summed E-state index contributed by atoms with van der Waals surface area (Å²) in [7, 11) is 0. The number of anilines is 2. The molecule has 1 unspecified atom stereocenters. The summed E-state index contributed by atoms with van der Waals surface area (Å²) in [4.78, 5) is 29.8. The van der Waals surface area contributed by atoms with Crippen molar-refractivity contribution in [2.75, 3.05) is 10.3 Å². The molecule has 2 amide bonds. The lowest BCUT2D eigenvalue weighted by molar-refractivity contribution is -0.127. The molecule has 2 aromatic carbocycles. The van der Waals surface area contributed by atoms with Crippen molar-refractivity contribution in [2.45, 2.75) is 19.8 Å². The number of oxazole rings is 1. The zero-order chi connectivity index (χ0) is 22.2. The topological polar surface area (TPSA) is 87.8 Å². The van der Waals surface area contributed by atoms with Crippen LogP contribution in [-0.4, -0.2) is 22.5 Å². The van der Waals surface area contributed by atoms with Crippen LogP contribution >= 0.6 is 0 Å². The zero-order valence-corrected chi connectivity index (χ0v) is 16.7. The first-order chi connectivity index (χ1) is 14.7. The molecule has 1 aliphatic rings. The lowest BCUT2D eigenvalue weighted by atomic mass is 10.0. The van der Waals surface area contributed by atoms with Crippen molar-refractivity contribution in [3.63, 3.8) is 0 Å². The van der Waals surface area contributed by atoms with Gasteiger partial charge in [-0.3, -0.25) is 9.59 Å². The van der Waals surface area contributed by atoms with Gasteiger partial charge < -0.3 is 9.73 Å². The Labute approximate surface area is 176 Å². The number of amides is 2. The number of nitrogens with zero attached hydrogens (tertiary/aromatic N) is 3. The SMILES string of the molecule is CC1=NN(c2cccc(-c3ncco3)c2)C(=O)C1C(=O)Nc1cccc(C(C)(F)F)c1. The molecule has 0 spiro atoms. The van der Waals surface area contributed by atoms with Crippen molar-refractivity contribution in [3.05, 3.63) is 66.6 Å². The van der Waals surface area contributed by atoms with E-state index in [1.165, 1.54) is 36.7 Å². The fourth-order valence-electron chi connectivity index (χ4n) is 3.27. The minimum atomic E-state index is -3.05. The number of hydrazone groups is 1. The predicted molar refractivity (Wildman–Crippen MR) is 111 cm³/mol. The Balaban J connectivity index is 1.54. The van der Waals surface area contributed by atoms with Gasteiger partial charge in [-0.15, -0.1) is 0 Å². The normalized spacial score (nSPS) is 16.4. The molecule has 9 heteroatoms. The highest BCUT2D eigenvalue weighted by atomic mass is 19.3. The molecule has 2 heterocycles. The number of rotatable bonds is 5. The van der Waals surface area contributed by atoms with E-state index in [2.05, 4.69) is 15.4 Å². The zero-order valence-electron chi connectivity index (χ0n) is 16.7. The van der Waals surface area contributed by atoms with Gasteiger partial charge in [0, 0.05) is 23.7 Å². The number of benzene rings is 2. The molecular weight excluding hydrogens is 406 g/mol. The summed E-state index contributed by atoms with van der Waals surface area (Å²) < 4.78 is 32.4. The van der Waals surface area contributed by atoms with E-state index in [0.29, 0.717) is 22.9 Å². The van der Waals surface area contributed by atoms with Crippen LogP contribution in [0.4, 0.5) is 20.2 Å². The Morgan fingerprint density at radius 2 is 1.97 bits per heavy atom. The maximum atomic E-state index is 13.6. The third-order valence-electron chi connectivity index (χ3n) is 4.80. The number of hydrogen-bond acceptors (Lipinski definition) is 5. The monoisotopic (exact) mass is 424 g/mol. The van der Waals surface area contributed by atoms with Gasteiger partial charge in [-0.1, -0.05) is 18.2 Å². The van der Waals surface area contributed by atoms with Crippen LogP contribution in [0.5, 0.6) is 0 Å². The first-order valence-corrected chi connectivity index (χ1v) is 9.42. The second kappa shape index (κ2) is 7.75. The van der Waals surface area contributed by atoms with Gasteiger partial charge in [-0.25, -0.2) is 13.8 Å². The van der Waals surface area contributed by atoms with Crippen molar-refractivity contribution in [2.24, 2.45) is 11.0 Å². The number of carbonyl (C=O) groups excluding carboxylic acids is 2. The van der Waals surface area contributed by atoms with Gasteiger partial charge in [0.2, 0.25) is 11.8 Å². The smallest absolute Gasteiger partial charge is 0.270 e. The fourth-order valence-corrected chi connectivity index (χ4v) is 3.27. The molecule has 1 aromatic heterocycles. The largest absolute Gasteiger partial charge is 0.445 e. The summed E-state index contributed by atoms with van der Waals surface area (Å²) in [6.07, 6.45) is 2.95. The minimum absolute atomic E-state index is 0.175. The summed E-state index contributed by atoms with van der Waals surface area (Å²) in [6, 6.07) is 12.2. The van der Waals surface area contributed by atoms with Crippen LogP contribution in [0.3, 0.4) is 0 Å². The van der Waals surface area contributed by atoms with Gasteiger partial charge in [-0.05, 0) is 37.3 Å². The molecule has 4 rings (SSSR count). The molecule has 1 N–H and O–H groups in total. The average Bonchev–Trinajstić information content (AvgIpc) is 3.36. The van der Waals surface area contributed by atoms with Crippen molar-refractivity contribution < 1.29 is 22.8 Å². The second-order valence-corrected chi connectivity index (χ2v) is 7.17. The third kappa shape index (κ3) is 4.07. The molecule has 3 aromatic rings. The Bertz CT molecular complexity index is 1170. The molecule has 0 saturated carbocycles. The maximum Gasteiger partial charge on any atom is 0.270 e. The third-order valence-corrected chi connectivity index (χ3v) is 4.80. The molecule has 0 radical (unpaired) electrons. The molecule has 158 valence electrons.